The van der Waals surface area contributed by atoms with E-state index in [-0.39, 0.29) is 75.9 Å². The molecule has 0 aliphatic carbocycles. The molecular weight excluding hydrogens is 835 g/mol. The van der Waals surface area contributed by atoms with Crippen molar-refractivity contribution in [2.75, 3.05) is 40.0 Å². The Kier molecular flexibility index (Phi) is 31.4. The highest BCUT2D eigenvalue weighted by atomic mass is 17.5. The van der Waals surface area contributed by atoms with E-state index in [1.807, 2.05) is 19.9 Å². The first-order chi connectivity index (χ1) is 29.7. The largest absolute Gasteiger partial charge is 0.495 e. The van der Waals surface area contributed by atoms with E-state index in [9.17, 15) is 33.9 Å². The number of hydrogen-bond donors (Lipinski definition) is 4. The number of Topliss-reactive ketones (excluding diaryl/α,β-unsaturated/α-hetero) is 1. The van der Waals surface area contributed by atoms with Crippen molar-refractivity contribution in [3.63, 3.8) is 0 Å². The summed E-state index contributed by atoms with van der Waals surface area (Å²) in [7, 11) is 1.53. The molecule has 15 heteroatoms. The maximum atomic E-state index is 13.6. The van der Waals surface area contributed by atoms with Crippen LogP contribution in [0.4, 0.5) is 0 Å². The van der Waals surface area contributed by atoms with Crippen LogP contribution in [0.1, 0.15) is 122 Å². The monoisotopic (exact) mass is 914 g/mol. The van der Waals surface area contributed by atoms with Gasteiger partial charge in [-0.05, 0) is 68.5 Å². The third-order valence-electron chi connectivity index (χ3n) is 11.4. The SMILES string of the molecule is C.C.C=C.C=C.CC(=O)C(C)(CC(CC(C)(C(=O)O)C(C)C)C(N)=O)CC(C)(C(=O)NCCCNC(=O)c1ccc(C(=O)c2ccccc2)cc1)C(C)C.CO/C1=C\OOOCCOC1. The third kappa shape index (κ3) is 20.4. The molecule has 1 aliphatic rings. The van der Waals surface area contributed by atoms with E-state index in [2.05, 4.69) is 51.8 Å². The average molecular weight is 914 g/mol. The molecule has 65 heavy (non-hydrogen) atoms. The van der Waals surface area contributed by atoms with Gasteiger partial charge in [-0.1, -0.05) is 98.9 Å². The number of carbonyl (C=O) groups excluding carboxylic acids is 5. The Balaban J connectivity index is -0.00000193. The maximum absolute atomic E-state index is 13.6. The average Bonchev–Trinajstić information content (AvgIpc) is 3.41. The van der Waals surface area contributed by atoms with Crippen LogP contribution >= 0.6 is 0 Å². The lowest BCUT2D eigenvalue weighted by molar-refractivity contribution is -0.490. The number of nitrogens with two attached hydrogens (primary N) is 1. The first-order valence-corrected chi connectivity index (χ1v) is 20.8. The summed E-state index contributed by atoms with van der Waals surface area (Å²) in [6.07, 6.45) is 1.87. The van der Waals surface area contributed by atoms with Gasteiger partial charge in [0.05, 0.1) is 19.1 Å². The Morgan fingerprint density at radius 3 is 1.80 bits per heavy atom. The number of carbonyl (C=O) groups is 6. The van der Waals surface area contributed by atoms with Crippen LogP contribution in [0.15, 0.2) is 92.9 Å². The topological polar surface area (TPSA) is 219 Å². The lowest BCUT2D eigenvalue weighted by Crippen LogP contribution is -2.48. The van der Waals surface area contributed by atoms with Crippen LogP contribution < -0.4 is 16.4 Å². The smallest absolute Gasteiger partial charge is 0.309 e. The molecule has 0 saturated heterocycles. The lowest BCUT2D eigenvalue weighted by Gasteiger charge is -2.42. The van der Waals surface area contributed by atoms with Crippen molar-refractivity contribution < 1.29 is 58.2 Å². The van der Waals surface area contributed by atoms with Crippen LogP contribution in [0.2, 0.25) is 0 Å². The van der Waals surface area contributed by atoms with Gasteiger partial charge >= 0.3 is 5.97 Å². The molecule has 4 unspecified atom stereocenters. The number of benzene rings is 2. The van der Waals surface area contributed by atoms with Crippen molar-refractivity contribution in [1.82, 2.24) is 10.6 Å². The quantitative estimate of drug-likeness (QED) is 0.0424. The van der Waals surface area contributed by atoms with Crippen LogP contribution in [0.5, 0.6) is 0 Å². The van der Waals surface area contributed by atoms with E-state index in [4.69, 9.17) is 15.2 Å². The molecule has 3 rings (SSSR count). The maximum Gasteiger partial charge on any atom is 0.309 e. The molecule has 15 nitrogen and oxygen atoms in total. The first kappa shape index (κ1) is 63.6. The number of aliphatic carboxylic acids is 1. The van der Waals surface area contributed by atoms with Gasteiger partial charge < -0.3 is 35.8 Å². The molecule has 1 heterocycles. The number of nitrogens with one attached hydrogen (secondary N) is 2. The van der Waals surface area contributed by atoms with Gasteiger partial charge in [-0.15, -0.1) is 26.3 Å². The van der Waals surface area contributed by atoms with Crippen molar-refractivity contribution in [1.29, 1.82) is 0 Å². The minimum absolute atomic E-state index is 0. The highest BCUT2D eigenvalue weighted by Crippen LogP contribution is 2.46. The van der Waals surface area contributed by atoms with Crippen molar-refractivity contribution in [3.8, 4) is 0 Å². The van der Waals surface area contributed by atoms with E-state index < -0.39 is 34.0 Å². The highest BCUT2D eigenvalue weighted by molar-refractivity contribution is 6.09. The molecular formula is C50H79N3O12. The molecule has 0 spiro atoms. The van der Waals surface area contributed by atoms with Crippen LogP contribution in [0.25, 0.3) is 0 Å². The summed E-state index contributed by atoms with van der Waals surface area (Å²) >= 11 is 0. The summed E-state index contributed by atoms with van der Waals surface area (Å²) in [5.74, 6) is -3.42. The van der Waals surface area contributed by atoms with Gasteiger partial charge in [-0.25, -0.2) is 0 Å². The van der Waals surface area contributed by atoms with E-state index in [1.54, 1.807) is 83.1 Å². The first-order valence-electron chi connectivity index (χ1n) is 20.8. The number of amides is 3. The Morgan fingerprint density at radius 1 is 0.785 bits per heavy atom. The fourth-order valence-corrected chi connectivity index (χ4v) is 6.46. The summed E-state index contributed by atoms with van der Waals surface area (Å²) in [6.45, 7) is 27.6. The molecule has 0 saturated carbocycles. The molecule has 0 bridgehead atoms. The van der Waals surface area contributed by atoms with Gasteiger partial charge in [0, 0.05) is 46.5 Å². The second-order valence-corrected chi connectivity index (χ2v) is 16.2. The number of primary amides is 1. The van der Waals surface area contributed by atoms with Gasteiger partial charge in [0.1, 0.15) is 19.0 Å². The van der Waals surface area contributed by atoms with E-state index in [1.165, 1.54) is 20.3 Å². The Hall–Kier alpha value is -5.64. The van der Waals surface area contributed by atoms with E-state index >= 15 is 0 Å². The summed E-state index contributed by atoms with van der Waals surface area (Å²) < 4.78 is 9.94. The molecule has 0 aromatic heterocycles. The number of methoxy groups -OCH3 is 1. The molecule has 0 fully saturated rings. The second-order valence-electron chi connectivity index (χ2n) is 16.2. The molecule has 1 aliphatic heterocycles. The van der Waals surface area contributed by atoms with Gasteiger partial charge in [0.25, 0.3) is 5.91 Å². The number of carboxylic acid groups (broad SMARTS) is 1. The lowest BCUT2D eigenvalue weighted by atomic mass is 9.61. The number of ether oxygens (including phenoxy) is 2. The van der Waals surface area contributed by atoms with Crippen LogP contribution in [0.3, 0.4) is 0 Å². The zero-order valence-electron chi connectivity index (χ0n) is 38.7. The minimum Gasteiger partial charge on any atom is -0.495 e. The number of hydrogen-bond acceptors (Lipinski definition) is 11. The molecule has 366 valence electrons. The molecule has 0 radical (unpaired) electrons. The summed E-state index contributed by atoms with van der Waals surface area (Å²) in [6, 6.07) is 15.3. The van der Waals surface area contributed by atoms with Gasteiger partial charge in [0.2, 0.25) is 11.8 Å². The van der Waals surface area contributed by atoms with Gasteiger partial charge in [0.15, 0.2) is 17.8 Å². The van der Waals surface area contributed by atoms with E-state index in [0.717, 1.165) is 0 Å². The Bertz CT molecular complexity index is 1780. The Morgan fingerprint density at radius 2 is 1.31 bits per heavy atom. The standard InChI is InChI=1S/C38H53N3O7.C6H10O5.2C2H4.2CH4/c1-24(2)37(7,35(47)48)22-30(32(39)44)21-36(6,26(5)42)23-38(8,25(3)4)34(46)41-20-12-19-40-33(45)29-17-15-28(16-18-29)31(43)27-13-10-9-11-14-27;1-7-6-4-8-2-3-9-11-10-5-6;2*1-2;;/h9-11,13-18,24-25,30H,12,19-23H2,1-8H3,(H2,39,44)(H,40,45)(H,41,46)(H,47,48);5H,2-4H2,1H3;2*1-2H2;2*1H4/b;6-5-;;;;. The van der Waals surface area contributed by atoms with Gasteiger partial charge in [-0.2, -0.15) is 4.89 Å². The predicted octanol–water partition coefficient (Wildman–Crippen LogP) is 8.69. The number of carboxylic acids is 1. The fraction of sp³-hybridized carbons (Fsp3) is 0.520. The molecule has 3 amide bonds. The normalized spacial score (nSPS) is 16.0. The van der Waals surface area contributed by atoms with Crippen molar-refractivity contribution >= 4 is 35.3 Å². The fourth-order valence-electron chi connectivity index (χ4n) is 6.46. The summed E-state index contributed by atoms with van der Waals surface area (Å²) in [5.41, 5.74) is 3.87. The summed E-state index contributed by atoms with van der Waals surface area (Å²) in [5, 5.41) is 20.0. The van der Waals surface area contributed by atoms with Crippen LogP contribution in [-0.2, 0) is 43.5 Å². The van der Waals surface area contributed by atoms with Crippen molar-refractivity contribution in [3.05, 3.63) is 110 Å². The van der Waals surface area contributed by atoms with Crippen LogP contribution in [0, 0.1) is 34.0 Å². The predicted molar refractivity (Wildman–Crippen MR) is 255 cm³/mol. The zero-order chi connectivity index (χ0) is 48.4. The molecule has 2 aromatic carbocycles. The van der Waals surface area contributed by atoms with Gasteiger partial charge in [-0.3, -0.25) is 28.8 Å². The molecule has 5 N–H and O–H groups in total. The third-order valence-corrected chi connectivity index (χ3v) is 11.4. The summed E-state index contributed by atoms with van der Waals surface area (Å²) in [4.78, 5) is 85.8. The second kappa shape index (κ2) is 32.1. The number of rotatable bonds is 20. The molecule has 2 aromatic rings. The Labute approximate surface area is 388 Å². The van der Waals surface area contributed by atoms with Crippen molar-refractivity contribution in [2.24, 2.45) is 39.7 Å². The van der Waals surface area contributed by atoms with E-state index in [0.29, 0.717) is 55.2 Å². The molecule has 4 atom stereocenters. The highest BCUT2D eigenvalue weighted by Gasteiger charge is 2.48. The number of ketones is 2. The zero-order valence-corrected chi connectivity index (χ0v) is 38.7. The van der Waals surface area contributed by atoms with Crippen molar-refractivity contribution in [2.45, 2.75) is 95.9 Å². The van der Waals surface area contributed by atoms with Crippen LogP contribution in [-0.4, -0.2) is 80.4 Å². The minimum atomic E-state index is -1.23.